The van der Waals surface area contributed by atoms with Gasteiger partial charge < -0.3 is 4.74 Å². The third-order valence-corrected chi connectivity index (χ3v) is 3.03. The predicted molar refractivity (Wildman–Crippen MR) is 77.6 cm³/mol. The SMILES string of the molecule is COC(=O)/C(C#N)=C(\N=C(C)SC)c1ccccc1. The first-order chi connectivity index (χ1) is 9.13. The molecule has 4 nitrogen and oxygen atoms in total. The summed E-state index contributed by atoms with van der Waals surface area (Å²) in [7, 11) is 1.24. The Bertz CT molecular complexity index is 557. The Morgan fingerprint density at radius 2 is 2.00 bits per heavy atom. The highest BCUT2D eigenvalue weighted by molar-refractivity contribution is 8.13. The Morgan fingerprint density at radius 1 is 1.37 bits per heavy atom. The lowest BCUT2D eigenvalue weighted by atomic mass is 10.1. The van der Waals surface area contributed by atoms with Crippen LogP contribution in [-0.4, -0.2) is 24.4 Å². The smallest absolute Gasteiger partial charge is 0.350 e. The average Bonchev–Trinajstić information content (AvgIpc) is 2.47. The van der Waals surface area contributed by atoms with Crippen LogP contribution in [0.1, 0.15) is 12.5 Å². The highest BCUT2D eigenvalue weighted by atomic mass is 32.2. The van der Waals surface area contributed by atoms with Crippen LogP contribution in [0.3, 0.4) is 0 Å². The van der Waals surface area contributed by atoms with Gasteiger partial charge in [0.1, 0.15) is 6.07 Å². The number of carbonyl (C=O) groups excluding carboxylic acids is 1. The van der Waals surface area contributed by atoms with E-state index in [-0.39, 0.29) is 5.57 Å². The maximum atomic E-state index is 11.6. The van der Waals surface area contributed by atoms with Crippen molar-refractivity contribution in [2.75, 3.05) is 13.4 Å². The molecule has 0 aliphatic heterocycles. The van der Waals surface area contributed by atoms with Crippen LogP contribution in [0, 0.1) is 11.3 Å². The van der Waals surface area contributed by atoms with E-state index in [1.165, 1.54) is 18.9 Å². The topological polar surface area (TPSA) is 62.5 Å². The number of aliphatic imine (C=N–C) groups is 1. The van der Waals surface area contributed by atoms with Crippen molar-refractivity contribution in [1.82, 2.24) is 0 Å². The zero-order valence-corrected chi connectivity index (χ0v) is 11.8. The molecule has 0 aromatic heterocycles. The minimum absolute atomic E-state index is 0.0953. The van der Waals surface area contributed by atoms with Gasteiger partial charge in [-0.3, -0.25) is 0 Å². The first-order valence-corrected chi connectivity index (χ1v) is 6.74. The quantitative estimate of drug-likeness (QED) is 0.279. The van der Waals surface area contributed by atoms with Crippen LogP contribution in [0.25, 0.3) is 5.70 Å². The monoisotopic (exact) mass is 274 g/mol. The molecule has 0 bridgehead atoms. The molecule has 98 valence electrons. The fourth-order valence-electron chi connectivity index (χ4n) is 1.36. The molecule has 0 saturated heterocycles. The largest absolute Gasteiger partial charge is 0.465 e. The summed E-state index contributed by atoms with van der Waals surface area (Å²) in [6.45, 7) is 1.82. The van der Waals surface area contributed by atoms with Gasteiger partial charge in [0, 0.05) is 5.56 Å². The highest BCUT2D eigenvalue weighted by Gasteiger charge is 2.17. The van der Waals surface area contributed by atoms with Crippen molar-refractivity contribution in [1.29, 1.82) is 5.26 Å². The van der Waals surface area contributed by atoms with Gasteiger partial charge in [-0.15, -0.1) is 11.8 Å². The molecule has 0 heterocycles. The molecule has 1 aromatic rings. The normalized spacial score (nSPS) is 12.4. The fourth-order valence-corrected chi connectivity index (χ4v) is 1.54. The lowest BCUT2D eigenvalue weighted by Crippen LogP contribution is -2.06. The van der Waals surface area contributed by atoms with E-state index in [1.807, 2.05) is 37.4 Å². The number of hydrogen-bond acceptors (Lipinski definition) is 5. The van der Waals surface area contributed by atoms with E-state index in [0.717, 1.165) is 5.04 Å². The third kappa shape index (κ3) is 3.97. The second kappa shape index (κ2) is 7.39. The number of ether oxygens (including phenoxy) is 1. The number of hydrogen-bond donors (Lipinski definition) is 0. The predicted octanol–water partition coefficient (Wildman–Crippen LogP) is 2.88. The van der Waals surface area contributed by atoms with Gasteiger partial charge in [0.25, 0.3) is 0 Å². The Hall–Kier alpha value is -2.06. The third-order valence-electron chi connectivity index (χ3n) is 2.35. The molecular formula is C14H14N2O2S. The number of rotatable bonds is 3. The second-order valence-electron chi connectivity index (χ2n) is 3.53. The number of nitrogens with zero attached hydrogens (tertiary/aromatic N) is 2. The number of carbonyl (C=O) groups is 1. The van der Waals surface area contributed by atoms with Crippen molar-refractivity contribution >= 4 is 28.5 Å². The number of nitriles is 1. The first kappa shape index (κ1) is 15.0. The van der Waals surface area contributed by atoms with Crippen molar-refractivity contribution in [2.24, 2.45) is 4.99 Å². The molecule has 0 radical (unpaired) electrons. The van der Waals surface area contributed by atoms with Crippen LogP contribution in [-0.2, 0) is 9.53 Å². The minimum atomic E-state index is -0.681. The van der Waals surface area contributed by atoms with Crippen LogP contribution >= 0.6 is 11.8 Å². The second-order valence-corrected chi connectivity index (χ2v) is 4.53. The number of methoxy groups -OCH3 is 1. The van der Waals surface area contributed by atoms with Gasteiger partial charge in [0.2, 0.25) is 0 Å². The summed E-state index contributed by atoms with van der Waals surface area (Å²) >= 11 is 1.45. The zero-order chi connectivity index (χ0) is 14.3. The van der Waals surface area contributed by atoms with Crippen LogP contribution in [0.15, 0.2) is 40.9 Å². The summed E-state index contributed by atoms with van der Waals surface area (Å²) in [5, 5.41) is 9.92. The molecule has 1 aromatic carbocycles. The van der Waals surface area contributed by atoms with Gasteiger partial charge in [0.05, 0.1) is 17.9 Å². The Kier molecular flexibility index (Phi) is 5.83. The molecule has 0 aliphatic rings. The van der Waals surface area contributed by atoms with Crippen molar-refractivity contribution in [2.45, 2.75) is 6.92 Å². The van der Waals surface area contributed by atoms with Crippen molar-refractivity contribution in [3.8, 4) is 6.07 Å². The van der Waals surface area contributed by atoms with Crippen LogP contribution in [0.2, 0.25) is 0 Å². The molecule has 0 atom stereocenters. The highest BCUT2D eigenvalue weighted by Crippen LogP contribution is 2.22. The molecule has 0 fully saturated rings. The molecule has 0 aliphatic carbocycles. The molecule has 0 N–H and O–H groups in total. The van der Waals surface area contributed by atoms with E-state index in [0.29, 0.717) is 11.3 Å². The summed E-state index contributed by atoms with van der Waals surface area (Å²) in [6.07, 6.45) is 1.88. The molecule has 0 unspecified atom stereocenters. The van der Waals surface area contributed by atoms with Gasteiger partial charge >= 0.3 is 5.97 Å². The fraction of sp³-hybridized carbons (Fsp3) is 0.214. The van der Waals surface area contributed by atoms with E-state index < -0.39 is 5.97 Å². The Labute approximate surface area is 116 Å². The van der Waals surface area contributed by atoms with Crippen LogP contribution in [0.4, 0.5) is 0 Å². The molecule has 0 saturated carbocycles. The maximum Gasteiger partial charge on any atom is 0.350 e. The summed E-state index contributed by atoms with van der Waals surface area (Å²) in [5.74, 6) is -0.681. The number of benzene rings is 1. The van der Waals surface area contributed by atoms with Gasteiger partial charge in [0.15, 0.2) is 5.57 Å². The van der Waals surface area contributed by atoms with Gasteiger partial charge in [-0.25, -0.2) is 9.79 Å². The molecule has 19 heavy (non-hydrogen) atoms. The molecular weight excluding hydrogens is 260 g/mol. The lowest BCUT2D eigenvalue weighted by Gasteiger charge is -2.06. The van der Waals surface area contributed by atoms with E-state index >= 15 is 0 Å². The molecule has 0 spiro atoms. The molecule has 5 heteroatoms. The van der Waals surface area contributed by atoms with Crippen molar-refractivity contribution in [3.63, 3.8) is 0 Å². The summed E-state index contributed by atoms with van der Waals surface area (Å²) in [4.78, 5) is 16.0. The Balaban J connectivity index is 3.48. The summed E-state index contributed by atoms with van der Waals surface area (Å²) in [6, 6.07) is 11.0. The minimum Gasteiger partial charge on any atom is -0.465 e. The average molecular weight is 274 g/mol. The zero-order valence-electron chi connectivity index (χ0n) is 11.0. The van der Waals surface area contributed by atoms with E-state index in [9.17, 15) is 4.79 Å². The van der Waals surface area contributed by atoms with Crippen molar-refractivity contribution < 1.29 is 9.53 Å². The van der Waals surface area contributed by atoms with Gasteiger partial charge in [-0.1, -0.05) is 30.3 Å². The van der Waals surface area contributed by atoms with E-state index in [1.54, 1.807) is 12.1 Å². The Morgan fingerprint density at radius 3 is 2.47 bits per heavy atom. The van der Waals surface area contributed by atoms with Gasteiger partial charge in [-0.2, -0.15) is 5.26 Å². The first-order valence-electron chi connectivity index (χ1n) is 5.51. The number of esters is 1. The standard InChI is InChI=1S/C14H14N2O2S/c1-10(19-3)16-13(11-7-5-4-6-8-11)12(9-15)14(17)18-2/h4-8H,1-3H3/b13-12-,16-10?. The summed E-state index contributed by atoms with van der Waals surface area (Å²) in [5.41, 5.74) is 0.946. The van der Waals surface area contributed by atoms with Gasteiger partial charge in [-0.05, 0) is 13.2 Å². The van der Waals surface area contributed by atoms with Crippen LogP contribution < -0.4 is 0 Å². The van der Waals surface area contributed by atoms with E-state index in [4.69, 9.17) is 5.26 Å². The van der Waals surface area contributed by atoms with E-state index in [2.05, 4.69) is 9.73 Å². The molecule has 0 amide bonds. The number of thioether (sulfide) groups is 1. The van der Waals surface area contributed by atoms with Crippen LogP contribution in [0.5, 0.6) is 0 Å². The summed E-state index contributed by atoms with van der Waals surface area (Å²) < 4.78 is 4.63. The van der Waals surface area contributed by atoms with Crippen molar-refractivity contribution in [3.05, 3.63) is 41.5 Å². The molecule has 1 rings (SSSR count). The lowest BCUT2D eigenvalue weighted by molar-refractivity contribution is -0.135. The maximum absolute atomic E-state index is 11.6.